The maximum Gasteiger partial charge on any atom is 0.240 e. The Kier molecular flexibility index (Phi) is 4.54. The van der Waals surface area contributed by atoms with Gasteiger partial charge in [0.05, 0.1) is 13.7 Å². The molecular formula is C17H17N3O3. The number of aromatic nitrogens is 2. The second-order valence-electron chi connectivity index (χ2n) is 4.86. The first-order valence-electron chi connectivity index (χ1n) is 7.18. The highest BCUT2D eigenvalue weighted by Crippen LogP contribution is 2.32. The van der Waals surface area contributed by atoms with Gasteiger partial charge in [0.15, 0.2) is 11.5 Å². The molecule has 0 unspecified atom stereocenters. The molecule has 118 valence electrons. The molecule has 0 saturated carbocycles. The van der Waals surface area contributed by atoms with Crippen molar-refractivity contribution in [2.45, 2.75) is 13.2 Å². The zero-order chi connectivity index (χ0) is 16.1. The van der Waals surface area contributed by atoms with Gasteiger partial charge in [0.2, 0.25) is 11.7 Å². The maximum atomic E-state index is 5.82. The van der Waals surface area contributed by atoms with Crippen LogP contribution in [0.1, 0.15) is 11.5 Å². The fourth-order valence-corrected chi connectivity index (χ4v) is 2.12. The van der Waals surface area contributed by atoms with Crippen LogP contribution in [0.15, 0.2) is 53.1 Å². The Morgan fingerprint density at radius 3 is 2.61 bits per heavy atom. The molecule has 2 N–H and O–H groups in total. The quantitative estimate of drug-likeness (QED) is 0.753. The number of nitrogens with zero attached hydrogens (tertiary/aromatic N) is 2. The van der Waals surface area contributed by atoms with E-state index < -0.39 is 0 Å². The lowest BCUT2D eigenvalue weighted by Crippen LogP contribution is -1.98. The summed E-state index contributed by atoms with van der Waals surface area (Å²) in [7, 11) is 1.59. The Hall–Kier alpha value is -2.86. The highest BCUT2D eigenvalue weighted by atomic mass is 16.5. The van der Waals surface area contributed by atoms with Gasteiger partial charge >= 0.3 is 0 Å². The number of nitrogens with two attached hydrogens (primary N) is 1. The molecule has 23 heavy (non-hydrogen) atoms. The lowest BCUT2D eigenvalue weighted by Gasteiger charge is -2.11. The van der Waals surface area contributed by atoms with Gasteiger partial charge in [0.25, 0.3) is 0 Å². The largest absolute Gasteiger partial charge is 0.493 e. The van der Waals surface area contributed by atoms with Crippen LogP contribution in [-0.4, -0.2) is 17.3 Å². The number of ether oxygens (including phenoxy) is 2. The van der Waals surface area contributed by atoms with Crippen LogP contribution in [0.25, 0.3) is 11.4 Å². The summed E-state index contributed by atoms with van der Waals surface area (Å²) in [5.41, 5.74) is 7.34. The van der Waals surface area contributed by atoms with E-state index in [0.29, 0.717) is 29.8 Å². The van der Waals surface area contributed by atoms with Crippen molar-refractivity contribution >= 4 is 0 Å². The zero-order valence-corrected chi connectivity index (χ0v) is 12.7. The average Bonchev–Trinajstić information content (AvgIpc) is 3.10. The second-order valence-corrected chi connectivity index (χ2v) is 4.86. The molecule has 3 aromatic rings. The van der Waals surface area contributed by atoms with Crippen molar-refractivity contribution in [3.8, 4) is 22.9 Å². The van der Waals surface area contributed by atoms with Crippen LogP contribution in [0, 0.1) is 0 Å². The van der Waals surface area contributed by atoms with E-state index >= 15 is 0 Å². The monoisotopic (exact) mass is 311 g/mol. The van der Waals surface area contributed by atoms with Gasteiger partial charge in [-0.05, 0) is 23.8 Å². The van der Waals surface area contributed by atoms with Gasteiger partial charge in [0.1, 0.15) is 6.61 Å². The summed E-state index contributed by atoms with van der Waals surface area (Å²) in [5.74, 6) is 2.13. The van der Waals surface area contributed by atoms with Gasteiger partial charge in [-0.25, -0.2) is 0 Å². The SMILES string of the molecule is COc1cc(-c2noc(CN)n2)ccc1OCc1ccccc1. The minimum Gasteiger partial charge on any atom is -0.493 e. The summed E-state index contributed by atoms with van der Waals surface area (Å²) in [4.78, 5) is 4.20. The summed E-state index contributed by atoms with van der Waals surface area (Å²) < 4.78 is 16.2. The third-order valence-electron chi connectivity index (χ3n) is 3.30. The van der Waals surface area contributed by atoms with Crippen molar-refractivity contribution in [1.82, 2.24) is 10.1 Å². The predicted molar refractivity (Wildman–Crippen MR) is 85.0 cm³/mol. The van der Waals surface area contributed by atoms with Crippen molar-refractivity contribution in [2.24, 2.45) is 5.73 Å². The van der Waals surface area contributed by atoms with Gasteiger partial charge < -0.3 is 19.7 Å². The molecule has 0 radical (unpaired) electrons. The Bertz CT molecular complexity index is 772. The number of hydrogen-bond donors (Lipinski definition) is 1. The smallest absolute Gasteiger partial charge is 0.240 e. The molecule has 0 fully saturated rings. The van der Waals surface area contributed by atoms with Gasteiger partial charge in [-0.15, -0.1) is 0 Å². The number of methoxy groups -OCH3 is 1. The highest BCUT2D eigenvalue weighted by Gasteiger charge is 2.12. The van der Waals surface area contributed by atoms with Gasteiger partial charge in [-0.2, -0.15) is 4.98 Å². The second kappa shape index (κ2) is 6.93. The van der Waals surface area contributed by atoms with Crippen molar-refractivity contribution in [3.05, 3.63) is 60.0 Å². The van der Waals surface area contributed by atoms with E-state index in [4.69, 9.17) is 19.7 Å². The molecule has 0 bridgehead atoms. The summed E-state index contributed by atoms with van der Waals surface area (Å²) in [6, 6.07) is 15.4. The first-order valence-corrected chi connectivity index (χ1v) is 7.18. The van der Waals surface area contributed by atoms with Crippen LogP contribution < -0.4 is 15.2 Å². The first-order chi connectivity index (χ1) is 11.3. The topological polar surface area (TPSA) is 83.4 Å². The van der Waals surface area contributed by atoms with E-state index in [1.807, 2.05) is 48.5 Å². The summed E-state index contributed by atoms with van der Waals surface area (Å²) in [6.07, 6.45) is 0. The van der Waals surface area contributed by atoms with Crippen LogP contribution in [0.5, 0.6) is 11.5 Å². The van der Waals surface area contributed by atoms with Crippen LogP contribution in [-0.2, 0) is 13.2 Å². The molecule has 0 amide bonds. The Labute approximate surface area is 133 Å². The van der Waals surface area contributed by atoms with Crippen molar-refractivity contribution < 1.29 is 14.0 Å². The lowest BCUT2D eigenvalue weighted by atomic mass is 10.2. The summed E-state index contributed by atoms with van der Waals surface area (Å²) in [6.45, 7) is 0.679. The minimum atomic E-state index is 0.211. The average molecular weight is 311 g/mol. The number of hydrogen-bond acceptors (Lipinski definition) is 6. The van der Waals surface area contributed by atoms with Gasteiger partial charge in [0, 0.05) is 5.56 Å². The summed E-state index contributed by atoms with van der Waals surface area (Å²) in [5, 5.41) is 3.89. The Balaban J connectivity index is 1.79. The Morgan fingerprint density at radius 2 is 1.91 bits per heavy atom. The molecule has 0 atom stereocenters. The molecule has 3 rings (SSSR count). The molecule has 1 heterocycles. The molecule has 0 saturated heterocycles. The summed E-state index contributed by atoms with van der Waals surface area (Å²) >= 11 is 0. The molecule has 0 aliphatic heterocycles. The van der Waals surface area contributed by atoms with E-state index in [1.165, 1.54) is 0 Å². The fourth-order valence-electron chi connectivity index (χ4n) is 2.12. The standard InChI is InChI=1S/C17H17N3O3/c1-21-15-9-13(17-19-16(10-18)23-20-17)7-8-14(15)22-11-12-5-3-2-4-6-12/h2-9H,10-11,18H2,1H3. The van der Waals surface area contributed by atoms with Crippen molar-refractivity contribution in [1.29, 1.82) is 0 Å². The molecule has 1 aromatic heterocycles. The van der Waals surface area contributed by atoms with Crippen LogP contribution in [0.2, 0.25) is 0 Å². The zero-order valence-electron chi connectivity index (χ0n) is 12.7. The molecule has 0 aliphatic rings. The third kappa shape index (κ3) is 3.49. The third-order valence-corrected chi connectivity index (χ3v) is 3.30. The van der Waals surface area contributed by atoms with E-state index in [2.05, 4.69) is 10.1 Å². The number of rotatable bonds is 6. The fraction of sp³-hybridized carbons (Fsp3) is 0.176. The first kappa shape index (κ1) is 15.1. The van der Waals surface area contributed by atoms with E-state index in [-0.39, 0.29) is 6.54 Å². The number of benzene rings is 2. The molecule has 0 spiro atoms. The van der Waals surface area contributed by atoms with E-state index in [0.717, 1.165) is 11.1 Å². The maximum absolute atomic E-state index is 5.82. The van der Waals surface area contributed by atoms with Crippen LogP contribution in [0.4, 0.5) is 0 Å². The highest BCUT2D eigenvalue weighted by molar-refractivity contribution is 5.60. The van der Waals surface area contributed by atoms with Crippen LogP contribution >= 0.6 is 0 Å². The molecule has 0 aliphatic carbocycles. The Morgan fingerprint density at radius 1 is 1.09 bits per heavy atom. The minimum absolute atomic E-state index is 0.211. The molecule has 2 aromatic carbocycles. The molecule has 6 heteroatoms. The van der Waals surface area contributed by atoms with Gasteiger partial charge in [-0.1, -0.05) is 35.5 Å². The van der Waals surface area contributed by atoms with Crippen LogP contribution in [0.3, 0.4) is 0 Å². The molecule has 6 nitrogen and oxygen atoms in total. The van der Waals surface area contributed by atoms with Crippen molar-refractivity contribution in [2.75, 3.05) is 7.11 Å². The predicted octanol–water partition coefficient (Wildman–Crippen LogP) is 2.78. The lowest BCUT2D eigenvalue weighted by molar-refractivity contribution is 0.284. The normalized spacial score (nSPS) is 10.5. The van der Waals surface area contributed by atoms with Gasteiger partial charge in [-0.3, -0.25) is 0 Å². The molecular weight excluding hydrogens is 294 g/mol. The van der Waals surface area contributed by atoms with E-state index in [1.54, 1.807) is 7.11 Å². The van der Waals surface area contributed by atoms with Crippen molar-refractivity contribution in [3.63, 3.8) is 0 Å². The van der Waals surface area contributed by atoms with E-state index in [9.17, 15) is 0 Å².